The fourth-order valence-corrected chi connectivity index (χ4v) is 3.08. The van der Waals surface area contributed by atoms with E-state index >= 15 is 0 Å². The lowest BCUT2D eigenvalue weighted by atomic mass is 10.2. The van der Waals surface area contributed by atoms with Crippen LogP contribution >= 0.6 is 0 Å². The first-order valence-electron chi connectivity index (χ1n) is 8.72. The standard InChI is InChI=1S/C18H26N4O3/c1-13-10-15(3)22(20-13)12-16-4-5-17(25-16)18(23)19-14(2)11-21-6-8-24-9-7-21/h4-5,10,14H,6-9,11-12H2,1-3H3,(H,19,23). The molecule has 136 valence electrons. The maximum atomic E-state index is 12.4. The van der Waals surface area contributed by atoms with E-state index in [2.05, 4.69) is 15.3 Å². The number of morpholine rings is 1. The second-order valence-corrected chi connectivity index (χ2v) is 6.64. The molecule has 0 saturated carbocycles. The van der Waals surface area contributed by atoms with Gasteiger partial charge < -0.3 is 14.5 Å². The molecule has 3 heterocycles. The van der Waals surface area contributed by atoms with Crippen LogP contribution in [0.5, 0.6) is 0 Å². The summed E-state index contributed by atoms with van der Waals surface area (Å²) in [5.41, 5.74) is 2.04. The van der Waals surface area contributed by atoms with Gasteiger partial charge in [-0.25, -0.2) is 0 Å². The van der Waals surface area contributed by atoms with Crippen LogP contribution in [0.2, 0.25) is 0 Å². The number of nitrogens with one attached hydrogen (secondary N) is 1. The quantitative estimate of drug-likeness (QED) is 0.860. The minimum Gasteiger partial charge on any atom is -0.454 e. The number of amides is 1. The van der Waals surface area contributed by atoms with E-state index in [0.29, 0.717) is 12.3 Å². The molecule has 1 N–H and O–H groups in total. The van der Waals surface area contributed by atoms with Crippen molar-refractivity contribution in [2.75, 3.05) is 32.8 Å². The van der Waals surface area contributed by atoms with Gasteiger partial charge in [0.15, 0.2) is 5.76 Å². The maximum absolute atomic E-state index is 12.4. The Balaban J connectivity index is 1.54. The zero-order valence-corrected chi connectivity index (χ0v) is 15.1. The molecule has 0 aliphatic carbocycles. The highest BCUT2D eigenvalue weighted by molar-refractivity contribution is 5.91. The van der Waals surface area contributed by atoms with Gasteiger partial charge in [-0.1, -0.05) is 0 Å². The molecule has 7 nitrogen and oxygen atoms in total. The second-order valence-electron chi connectivity index (χ2n) is 6.64. The van der Waals surface area contributed by atoms with Crippen molar-refractivity contribution >= 4 is 5.91 Å². The summed E-state index contributed by atoms with van der Waals surface area (Å²) in [5.74, 6) is 0.878. The topological polar surface area (TPSA) is 72.5 Å². The van der Waals surface area contributed by atoms with E-state index in [1.807, 2.05) is 37.6 Å². The van der Waals surface area contributed by atoms with Crippen LogP contribution < -0.4 is 5.32 Å². The molecule has 3 rings (SSSR count). The summed E-state index contributed by atoms with van der Waals surface area (Å²) in [6, 6.07) is 5.62. The van der Waals surface area contributed by atoms with Crippen molar-refractivity contribution in [1.82, 2.24) is 20.0 Å². The lowest BCUT2D eigenvalue weighted by Gasteiger charge is -2.29. The molecule has 1 aliphatic rings. The molecule has 0 radical (unpaired) electrons. The highest BCUT2D eigenvalue weighted by Gasteiger charge is 2.18. The number of hydrogen-bond donors (Lipinski definition) is 1. The monoisotopic (exact) mass is 346 g/mol. The number of carbonyl (C=O) groups excluding carboxylic acids is 1. The molecule has 1 saturated heterocycles. The zero-order chi connectivity index (χ0) is 17.8. The van der Waals surface area contributed by atoms with Crippen LogP contribution in [0.1, 0.15) is 34.6 Å². The number of hydrogen-bond acceptors (Lipinski definition) is 5. The molecular formula is C18H26N4O3. The van der Waals surface area contributed by atoms with E-state index in [-0.39, 0.29) is 11.9 Å². The number of carbonyl (C=O) groups is 1. The summed E-state index contributed by atoms with van der Waals surface area (Å²) in [5, 5.41) is 7.41. The van der Waals surface area contributed by atoms with Gasteiger partial charge in [-0.15, -0.1) is 0 Å². The van der Waals surface area contributed by atoms with Crippen LogP contribution in [0.25, 0.3) is 0 Å². The SMILES string of the molecule is Cc1cc(C)n(Cc2ccc(C(=O)NC(C)CN3CCOCC3)o2)n1. The molecule has 7 heteroatoms. The molecular weight excluding hydrogens is 320 g/mol. The average molecular weight is 346 g/mol. The van der Waals surface area contributed by atoms with Crippen molar-refractivity contribution in [1.29, 1.82) is 0 Å². The molecule has 2 aromatic heterocycles. The number of ether oxygens (including phenoxy) is 1. The number of furan rings is 1. The molecule has 0 aromatic carbocycles. The van der Waals surface area contributed by atoms with Gasteiger partial charge in [0.05, 0.1) is 25.5 Å². The van der Waals surface area contributed by atoms with Crippen LogP contribution in [0.4, 0.5) is 0 Å². The Morgan fingerprint density at radius 1 is 1.32 bits per heavy atom. The van der Waals surface area contributed by atoms with Gasteiger partial charge in [0, 0.05) is 31.4 Å². The first-order valence-corrected chi connectivity index (χ1v) is 8.72. The third kappa shape index (κ3) is 4.70. The molecule has 1 unspecified atom stereocenters. The lowest BCUT2D eigenvalue weighted by molar-refractivity contribution is 0.0341. The summed E-state index contributed by atoms with van der Waals surface area (Å²) in [7, 11) is 0. The highest BCUT2D eigenvalue weighted by Crippen LogP contribution is 2.12. The van der Waals surface area contributed by atoms with Crippen molar-refractivity contribution in [3.05, 3.63) is 41.1 Å². The third-order valence-electron chi connectivity index (χ3n) is 4.31. The first-order chi connectivity index (χ1) is 12.0. The normalized spacial score (nSPS) is 16.8. The van der Waals surface area contributed by atoms with Crippen molar-refractivity contribution in [3.63, 3.8) is 0 Å². The Bertz CT molecular complexity index is 716. The fourth-order valence-electron chi connectivity index (χ4n) is 3.08. The summed E-state index contributed by atoms with van der Waals surface area (Å²) >= 11 is 0. The Kier molecular flexibility index (Phi) is 5.55. The summed E-state index contributed by atoms with van der Waals surface area (Å²) in [4.78, 5) is 14.7. The number of nitrogens with zero attached hydrogens (tertiary/aromatic N) is 3. The third-order valence-corrected chi connectivity index (χ3v) is 4.31. The Morgan fingerprint density at radius 2 is 2.08 bits per heavy atom. The highest BCUT2D eigenvalue weighted by atomic mass is 16.5. The van der Waals surface area contributed by atoms with E-state index in [1.54, 1.807) is 6.07 Å². The minimum atomic E-state index is -0.180. The second kappa shape index (κ2) is 7.84. The fraction of sp³-hybridized carbons (Fsp3) is 0.556. The predicted molar refractivity (Wildman–Crippen MR) is 93.7 cm³/mol. The van der Waals surface area contributed by atoms with Crippen molar-refractivity contribution in [2.24, 2.45) is 0 Å². The first kappa shape index (κ1) is 17.7. The summed E-state index contributed by atoms with van der Waals surface area (Å²) in [6.45, 7) is 10.6. The van der Waals surface area contributed by atoms with E-state index in [9.17, 15) is 4.79 Å². The molecule has 2 aromatic rings. The van der Waals surface area contributed by atoms with Gasteiger partial charge >= 0.3 is 0 Å². The Labute approximate surface area is 147 Å². The van der Waals surface area contributed by atoms with Gasteiger partial charge in [-0.3, -0.25) is 14.4 Å². The van der Waals surface area contributed by atoms with Gasteiger partial charge in [-0.2, -0.15) is 5.10 Å². The Hall–Kier alpha value is -2.12. The zero-order valence-electron chi connectivity index (χ0n) is 15.1. The lowest BCUT2D eigenvalue weighted by Crippen LogP contribution is -2.45. The number of aryl methyl sites for hydroxylation is 2. The largest absolute Gasteiger partial charge is 0.454 e. The number of rotatable bonds is 6. The van der Waals surface area contributed by atoms with Crippen molar-refractivity contribution in [3.8, 4) is 0 Å². The van der Waals surface area contributed by atoms with Crippen molar-refractivity contribution < 1.29 is 13.9 Å². The summed E-state index contributed by atoms with van der Waals surface area (Å²) < 4.78 is 12.9. The molecule has 1 amide bonds. The average Bonchev–Trinajstić information content (AvgIpc) is 3.15. The van der Waals surface area contributed by atoms with Crippen LogP contribution in [-0.2, 0) is 11.3 Å². The summed E-state index contributed by atoms with van der Waals surface area (Å²) in [6.07, 6.45) is 0. The van der Waals surface area contributed by atoms with Crippen LogP contribution in [0.15, 0.2) is 22.6 Å². The molecule has 0 spiro atoms. The molecule has 1 atom stereocenters. The van der Waals surface area contributed by atoms with Gasteiger partial charge in [0.1, 0.15) is 5.76 Å². The van der Waals surface area contributed by atoms with Gasteiger partial charge in [0.2, 0.25) is 0 Å². The maximum Gasteiger partial charge on any atom is 0.287 e. The van der Waals surface area contributed by atoms with Crippen LogP contribution in [-0.4, -0.2) is 59.5 Å². The van der Waals surface area contributed by atoms with Crippen LogP contribution in [0, 0.1) is 13.8 Å². The predicted octanol–water partition coefficient (Wildman–Crippen LogP) is 1.59. The molecule has 0 bridgehead atoms. The molecule has 1 aliphatic heterocycles. The van der Waals surface area contributed by atoms with Crippen LogP contribution in [0.3, 0.4) is 0 Å². The van der Waals surface area contributed by atoms with E-state index in [4.69, 9.17) is 9.15 Å². The van der Waals surface area contributed by atoms with E-state index < -0.39 is 0 Å². The van der Waals surface area contributed by atoms with Gasteiger partial charge in [0.25, 0.3) is 5.91 Å². The minimum absolute atomic E-state index is 0.0511. The van der Waals surface area contributed by atoms with E-state index in [0.717, 1.165) is 50.0 Å². The molecule has 25 heavy (non-hydrogen) atoms. The molecule has 1 fully saturated rings. The van der Waals surface area contributed by atoms with Crippen molar-refractivity contribution in [2.45, 2.75) is 33.4 Å². The smallest absolute Gasteiger partial charge is 0.287 e. The van der Waals surface area contributed by atoms with E-state index in [1.165, 1.54) is 0 Å². The van der Waals surface area contributed by atoms with Gasteiger partial charge in [-0.05, 0) is 39.0 Å². The Morgan fingerprint density at radius 3 is 2.76 bits per heavy atom. The number of aromatic nitrogens is 2.